The first-order valence-corrected chi connectivity index (χ1v) is 20.8. The van der Waals surface area contributed by atoms with Gasteiger partial charge >= 0.3 is 0 Å². The Hall–Kier alpha value is -6.87. The van der Waals surface area contributed by atoms with Crippen molar-refractivity contribution in [1.29, 1.82) is 0 Å². The van der Waals surface area contributed by atoms with E-state index in [0.717, 1.165) is 5.56 Å². The maximum absolute atomic E-state index is 15.2. The molecule has 6 aromatic rings. The summed E-state index contributed by atoms with van der Waals surface area (Å²) in [5.41, 5.74) is 2.20. The molecule has 0 bridgehead atoms. The number of methoxy groups -OCH3 is 2. The van der Waals surface area contributed by atoms with Crippen molar-refractivity contribution in [1.82, 2.24) is 15.0 Å². The van der Waals surface area contributed by atoms with Crippen LogP contribution in [0.25, 0.3) is 0 Å². The highest BCUT2D eigenvalue weighted by atomic mass is 16.5. The van der Waals surface area contributed by atoms with Crippen molar-refractivity contribution < 1.29 is 38.8 Å². The Labute approximate surface area is 365 Å². The van der Waals surface area contributed by atoms with E-state index in [9.17, 15) is 19.8 Å². The van der Waals surface area contributed by atoms with Gasteiger partial charge in [-0.05, 0) is 110 Å². The van der Waals surface area contributed by atoms with E-state index in [2.05, 4.69) is 20.9 Å². The molecule has 3 heterocycles. The van der Waals surface area contributed by atoms with E-state index in [1.165, 1.54) is 0 Å². The summed E-state index contributed by atoms with van der Waals surface area (Å²) in [4.78, 5) is 43.4. The molecular formula is C49H50N6O8. The van der Waals surface area contributed by atoms with E-state index >= 15 is 4.79 Å². The van der Waals surface area contributed by atoms with Gasteiger partial charge in [0.15, 0.2) is 5.60 Å². The molecule has 63 heavy (non-hydrogen) atoms. The van der Waals surface area contributed by atoms with E-state index in [4.69, 9.17) is 14.2 Å². The van der Waals surface area contributed by atoms with Gasteiger partial charge in [-0.3, -0.25) is 19.1 Å². The average molecular weight is 851 g/mol. The number of carbonyl (C=O) groups is 3. The highest BCUT2D eigenvalue weighted by Gasteiger charge is 2.65. The van der Waals surface area contributed by atoms with E-state index in [0.29, 0.717) is 69.5 Å². The second-order valence-corrected chi connectivity index (χ2v) is 16.6. The first-order valence-electron chi connectivity index (χ1n) is 20.8. The Bertz CT molecular complexity index is 2590. The normalized spacial score (nSPS) is 19.8. The number of hydrogen-bond donors (Lipinski definition) is 4. The number of hydrogen-bond acceptors (Lipinski definition) is 10. The number of aliphatic hydroxyl groups excluding tert-OH is 1. The molecule has 0 aliphatic carbocycles. The highest BCUT2D eigenvalue weighted by Crippen LogP contribution is 2.58. The lowest BCUT2D eigenvalue weighted by atomic mass is 9.71. The van der Waals surface area contributed by atoms with Crippen LogP contribution in [0.2, 0.25) is 0 Å². The number of nitrogens with one attached hydrogen (secondary N) is 2. The molecule has 8 rings (SSSR count). The lowest BCUT2D eigenvalue weighted by Gasteiger charge is -2.34. The molecule has 0 saturated carbocycles. The molecule has 1 saturated heterocycles. The molecule has 14 nitrogen and oxygen atoms in total. The fraction of sp³-hybridized carbons (Fsp3) is 0.286. The van der Waals surface area contributed by atoms with Crippen molar-refractivity contribution in [3.8, 4) is 11.5 Å². The Balaban J connectivity index is 1.08. The summed E-state index contributed by atoms with van der Waals surface area (Å²) in [6, 6.07) is 35.4. The maximum Gasteiger partial charge on any atom is 0.264 e. The second kappa shape index (κ2) is 17.5. The van der Waals surface area contributed by atoms with Crippen molar-refractivity contribution in [3.63, 3.8) is 0 Å². The van der Waals surface area contributed by atoms with Gasteiger partial charge in [-0.2, -0.15) is 0 Å². The molecule has 2 aliphatic heterocycles. The van der Waals surface area contributed by atoms with Gasteiger partial charge in [0.25, 0.3) is 17.7 Å². The zero-order chi connectivity index (χ0) is 44.5. The summed E-state index contributed by atoms with van der Waals surface area (Å²) in [6.07, 6.45) is 0.485. The van der Waals surface area contributed by atoms with Crippen LogP contribution in [-0.4, -0.2) is 68.9 Å². The third kappa shape index (κ3) is 8.52. The van der Waals surface area contributed by atoms with Crippen LogP contribution >= 0.6 is 0 Å². The molecule has 5 aromatic carbocycles. The van der Waals surface area contributed by atoms with Crippen molar-refractivity contribution in [2.75, 3.05) is 29.8 Å². The van der Waals surface area contributed by atoms with Crippen LogP contribution < -0.4 is 25.0 Å². The van der Waals surface area contributed by atoms with Crippen LogP contribution in [0.3, 0.4) is 0 Å². The van der Waals surface area contributed by atoms with Crippen molar-refractivity contribution in [2.45, 2.75) is 63.7 Å². The predicted octanol–water partition coefficient (Wildman–Crippen LogP) is 7.14. The molecule has 4 N–H and O–H groups in total. The number of anilines is 3. The average Bonchev–Trinajstić information content (AvgIpc) is 3.96. The summed E-state index contributed by atoms with van der Waals surface area (Å²) in [5, 5.41) is 37.2. The molecule has 1 fully saturated rings. The number of aromatic nitrogens is 3. The predicted molar refractivity (Wildman–Crippen MR) is 237 cm³/mol. The summed E-state index contributed by atoms with van der Waals surface area (Å²) >= 11 is 0. The smallest absolute Gasteiger partial charge is 0.264 e. The number of carbonyl (C=O) groups excluding carboxylic acids is 3. The quantitative estimate of drug-likeness (QED) is 0.0882. The van der Waals surface area contributed by atoms with E-state index in [1.807, 2.05) is 55.5 Å². The van der Waals surface area contributed by atoms with Crippen LogP contribution in [0.5, 0.6) is 11.5 Å². The van der Waals surface area contributed by atoms with Gasteiger partial charge in [0.1, 0.15) is 23.3 Å². The Morgan fingerprint density at radius 1 is 0.841 bits per heavy atom. The van der Waals surface area contributed by atoms with Gasteiger partial charge in [-0.1, -0.05) is 54.6 Å². The highest BCUT2D eigenvalue weighted by molar-refractivity contribution is 6.09. The maximum atomic E-state index is 15.2. The Morgan fingerprint density at radius 3 is 2.02 bits per heavy atom. The van der Waals surface area contributed by atoms with Crippen molar-refractivity contribution in [2.24, 2.45) is 11.8 Å². The molecule has 3 amide bonds. The number of amides is 3. The summed E-state index contributed by atoms with van der Waals surface area (Å²) in [5.74, 6) is -0.699. The molecular weight excluding hydrogens is 801 g/mol. The SMILES string of the molecule is COc1ccc(C(=O)Nc2ccc(CN3C(=O)[C@@]4(O[C@@H](CCn5cc([C@H](O)c6ccccc6)nn5)[C@H](C(C)(C)O)[C@H]4C)c4cc(NC(=O)c5ccc(OC)cc5)ccc43)cc2)cc1. The minimum absolute atomic E-state index is 0.178. The number of nitrogens with zero attached hydrogens (tertiary/aromatic N) is 4. The van der Waals surface area contributed by atoms with Gasteiger partial charge in [-0.15, -0.1) is 5.10 Å². The van der Waals surface area contributed by atoms with E-state index in [1.54, 1.807) is 117 Å². The van der Waals surface area contributed by atoms with Crippen LogP contribution in [0.1, 0.15) is 76.4 Å². The van der Waals surface area contributed by atoms with E-state index < -0.39 is 35.2 Å². The molecule has 0 radical (unpaired) electrons. The van der Waals surface area contributed by atoms with Crippen LogP contribution in [0.4, 0.5) is 17.1 Å². The number of fused-ring (bicyclic) bond motifs is 2. The number of benzene rings is 5. The zero-order valence-electron chi connectivity index (χ0n) is 35.7. The van der Waals surface area contributed by atoms with Crippen LogP contribution in [0, 0.1) is 11.8 Å². The lowest BCUT2D eigenvalue weighted by Crippen LogP contribution is -2.46. The van der Waals surface area contributed by atoms with Gasteiger partial charge in [0, 0.05) is 46.4 Å². The number of ether oxygens (including phenoxy) is 3. The Kier molecular flexibility index (Phi) is 11.9. The van der Waals surface area contributed by atoms with Crippen LogP contribution in [0.15, 0.2) is 128 Å². The number of rotatable bonds is 14. The van der Waals surface area contributed by atoms with Crippen molar-refractivity contribution >= 4 is 34.8 Å². The molecule has 0 unspecified atom stereocenters. The second-order valence-electron chi connectivity index (χ2n) is 16.6. The first kappa shape index (κ1) is 42.8. The molecule has 14 heteroatoms. The van der Waals surface area contributed by atoms with Gasteiger partial charge in [0.2, 0.25) is 0 Å². The minimum Gasteiger partial charge on any atom is -0.497 e. The van der Waals surface area contributed by atoms with E-state index in [-0.39, 0.29) is 24.3 Å². The first-order chi connectivity index (χ1) is 30.3. The third-order valence-electron chi connectivity index (χ3n) is 12.1. The molecule has 2 aliphatic rings. The monoisotopic (exact) mass is 850 g/mol. The number of aryl methyl sites for hydroxylation is 1. The molecule has 5 atom stereocenters. The summed E-state index contributed by atoms with van der Waals surface area (Å²) in [6.45, 7) is 5.90. The topological polar surface area (TPSA) is 177 Å². The molecule has 1 spiro atoms. The molecule has 1 aromatic heterocycles. The summed E-state index contributed by atoms with van der Waals surface area (Å²) < 4.78 is 19.2. The van der Waals surface area contributed by atoms with Gasteiger partial charge < -0.3 is 40.0 Å². The van der Waals surface area contributed by atoms with Crippen molar-refractivity contribution in [3.05, 3.63) is 161 Å². The van der Waals surface area contributed by atoms with Gasteiger partial charge in [-0.25, -0.2) is 0 Å². The minimum atomic E-state index is -1.53. The summed E-state index contributed by atoms with van der Waals surface area (Å²) in [7, 11) is 3.12. The Morgan fingerprint density at radius 2 is 1.43 bits per heavy atom. The standard InChI is InChI=1S/C49H50N6O8/c1-30-43(48(2,3)60)42(25-26-54-29-40(52-53-54)44(56)32-9-7-6-8-10-32)63-49(30)39-27-36(51-46(58)34-15-22-38(62-5)23-16-34)19-24-41(39)55(47(49)59)28-31-11-17-35(18-12-31)50-45(57)33-13-20-37(61-4)21-14-33/h6-24,27,29-30,42-44,56,60H,25-26,28H2,1-5H3,(H,50,57)(H,51,58)/t30-,42+,43-,44-,49+/m1/s1. The van der Waals surface area contributed by atoms with Crippen LogP contribution in [-0.2, 0) is 28.2 Å². The number of aliphatic hydroxyl groups is 2. The lowest BCUT2D eigenvalue weighted by molar-refractivity contribution is -0.146. The fourth-order valence-corrected chi connectivity index (χ4v) is 8.96. The third-order valence-corrected chi connectivity index (χ3v) is 12.1. The fourth-order valence-electron chi connectivity index (χ4n) is 8.96. The largest absolute Gasteiger partial charge is 0.497 e. The zero-order valence-corrected chi connectivity index (χ0v) is 35.7. The van der Waals surface area contributed by atoms with Gasteiger partial charge in [0.05, 0.1) is 44.4 Å². The molecule has 324 valence electrons.